The molecule has 2 unspecified atom stereocenters. The lowest BCUT2D eigenvalue weighted by molar-refractivity contribution is -0.0774. The monoisotopic (exact) mass is 313 g/mol. The van der Waals surface area contributed by atoms with Crippen LogP contribution in [0.25, 0.3) is 0 Å². The first-order valence-electron chi connectivity index (χ1n) is 7.90. The zero-order valence-electron chi connectivity index (χ0n) is 12.5. The molecule has 0 aliphatic carbocycles. The highest BCUT2D eigenvalue weighted by Crippen LogP contribution is 2.35. The van der Waals surface area contributed by atoms with Gasteiger partial charge in [-0.1, -0.05) is 29.8 Å². The minimum atomic E-state index is 0.678. The summed E-state index contributed by atoms with van der Waals surface area (Å²) in [6.07, 6.45) is 5.09. The Hall–Kier alpha value is -1.42. The van der Waals surface area contributed by atoms with Gasteiger partial charge in [-0.3, -0.25) is 14.8 Å². The maximum Gasteiger partial charge on any atom is 0.0451 e. The van der Waals surface area contributed by atoms with Crippen LogP contribution in [0.3, 0.4) is 0 Å². The zero-order valence-corrected chi connectivity index (χ0v) is 13.3. The molecule has 1 aromatic heterocycles. The van der Waals surface area contributed by atoms with Gasteiger partial charge in [0, 0.05) is 55.7 Å². The van der Waals surface area contributed by atoms with E-state index in [1.165, 1.54) is 17.5 Å². The lowest BCUT2D eigenvalue weighted by Gasteiger charge is -2.56. The van der Waals surface area contributed by atoms with E-state index in [1.807, 2.05) is 24.5 Å². The Morgan fingerprint density at radius 2 is 1.73 bits per heavy atom. The first-order valence-corrected chi connectivity index (χ1v) is 8.28. The lowest BCUT2D eigenvalue weighted by atomic mass is 9.86. The van der Waals surface area contributed by atoms with Crippen LogP contribution in [0.1, 0.15) is 17.5 Å². The van der Waals surface area contributed by atoms with Crippen LogP contribution in [0.2, 0.25) is 5.02 Å². The molecule has 0 radical (unpaired) electrons. The summed E-state index contributed by atoms with van der Waals surface area (Å²) in [5.74, 6) is 0. The molecule has 1 aromatic carbocycles. The molecule has 4 heterocycles. The van der Waals surface area contributed by atoms with Crippen LogP contribution >= 0.6 is 11.6 Å². The largest absolute Gasteiger partial charge is 0.296 e. The number of hydrogen-bond acceptors (Lipinski definition) is 3. The first-order chi connectivity index (χ1) is 10.8. The van der Waals surface area contributed by atoms with Crippen LogP contribution < -0.4 is 0 Å². The molecular weight excluding hydrogens is 294 g/mol. The molecule has 2 atom stereocenters. The highest BCUT2D eigenvalue weighted by atomic mass is 35.5. The summed E-state index contributed by atoms with van der Waals surface area (Å²) in [5.41, 5.74) is 2.61. The Morgan fingerprint density at radius 3 is 2.45 bits per heavy atom. The molecule has 114 valence electrons. The normalized spacial score (nSPS) is 25.0. The molecule has 3 aliphatic rings. The number of benzene rings is 1. The smallest absolute Gasteiger partial charge is 0.0451 e. The van der Waals surface area contributed by atoms with Crippen LogP contribution in [0.15, 0.2) is 48.8 Å². The van der Waals surface area contributed by atoms with Gasteiger partial charge < -0.3 is 0 Å². The molecule has 4 heteroatoms. The van der Waals surface area contributed by atoms with Gasteiger partial charge in [-0.2, -0.15) is 0 Å². The van der Waals surface area contributed by atoms with E-state index in [4.69, 9.17) is 11.6 Å². The van der Waals surface area contributed by atoms with Crippen LogP contribution in [-0.2, 0) is 13.1 Å². The van der Waals surface area contributed by atoms with Gasteiger partial charge in [0.1, 0.15) is 0 Å². The van der Waals surface area contributed by atoms with Crippen molar-refractivity contribution in [3.63, 3.8) is 0 Å². The number of piperidine rings is 1. The maximum atomic E-state index is 6.30. The third-order valence-electron chi connectivity index (χ3n) is 4.89. The molecule has 0 N–H and O–H groups in total. The zero-order chi connectivity index (χ0) is 14.9. The standard InChI is InChI=1S/C18H20ClN3/c19-18-4-2-1-3-15(18)11-22-16-9-17(22)13-21(12-16)10-14-5-7-20-8-6-14/h1-8,16-17H,9-13H2. The van der Waals surface area contributed by atoms with E-state index in [0.29, 0.717) is 12.1 Å². The topological polar surface area (TPSA) is 19.4 Å². The first kappa shape index (κ1) is 14.2. The van der Waals surface area contributed by atoms with Crippen molar-refractivity contribution in [1.29, 1.82) is 0 Å². The second-order valence-corrected chi connectivity index (χ2v) is 6.76. The van der Waals surface area contributed by atoms with Gasteiger partial charge in [-0.25, -0.2) is 0 Å². The SMILES string of the molecule is Clc1ccccc1CN1C2CC1CN(Cc1ccncc1)C2. The Morgan fingerprint density at radius 1 is 1.00 bits per heavy atom. The number of hydrogen-bond donors (Lipinski definition) is 0. The number of rotatable bonds is 4. The van der Waals surface area contributed by atoms with E-state index < -0.39 is 0 Å². The van der Waals surface area contributed by atoms with Gasteiger partial charge in [0.15, 0.2) is 0 Å². The predicted molar refractivity (Wildman–Crippen MR) is 88.7 cm³/mol. The molecule has 3 saturated heterocycles. The van der Waals surface area contributed by atoms with Gasteiger partial charge in [-0.05, 0) is 35.7 Å². The Kier molecular flexibility index (Phi) is 3.87. The molecule has 0 saturated carbocycles. The molecule has 22 heavy (non-hydrogen) atoms. The summed E-state index contributed by atoms with van der Waals surface area (Å²) in [5, 5.41) is 0.890. The van der Waals surface area contributed by atoms with Crippen molar-refractivity contribution in [3.8, 4) is 0 Å². The molecule has 3 nitrogen and oxygen atoms in total. The summed E-state index contributed by atoms with van der Waals surface area (Å²) in [6.45, 7) is 4.33. The Bertz CT molecular complexity index is 634. The summed E-state index contributed by atoms with van der Waals surface area (Å²) in [7, 11) is 0. The molecule has 2 bridgehead atoms. The second kappa shape index (κ2) is 5.99. The summed E-state index contributed by atoms with van der Waals surface area (Å²) in [6, 6.07) is 13.8. The van der Waals surface area contributed by atoms with Crippen molar-refractivity contribution in [2.24, 2.45) is 0 Å². The number of pyridine rings is 1. The van der Waals surface area contributed by atoms with E-state index in [2.05, 4.69) is 39.0 Å². The second-order valence-electron chi connectivity index (χ2n) is 6.36. The van der Waals surface area contributed by atoms with E-state index in [0.717, 1.165) is 31.2 Å². The highest BCUT2D eigenvalue weighted by Gasteiger charge is 2.44. The lowest BCUT2D eigenvalue weighted by Crippen LogP contribution is -2.67. The fourth-order valence-electron chi connectivity index (χ4n) is 3.73. The van der Waals surface area contributed by atoms with Crippen LogP contribution in [0.5, 0.6) is 0 Å². The van der Waals surface area contributed by atoms with Crippen molar-refractivity contribution in [2.45, 2.75) is 31.6 Å². The number of aromatic nitrogens is 1. The van der Waals surface area contributed by atoms with Crippen molar-refractivity contribution in [3.05, 3.63) is 64.9 Å². The molecule has 0 amide bonds. The summed E-state index contributed by atoms with van der Waals surface area (Å²) < 4.78 is 0. The van der Waals surface area contributed by atoms with Crippen molar-refractivity contribution >= 4 is 11.6 Å². The fourth-order valence-corrected chi connectivity index (χ4v) is 3.93. The third kappa shape index (κ3) is 2.76. The Balaban J connectivity index is 1.38. The van der Waals surface area contributed by atoms with Crippen molar-refractivity contribution < 1.29 is 0 Å². The van der Waals surface area contributed by atoms with E-state index in [1.54, 1.807) is 0 Å². The van der Waals surface area contributed by atoms with Crippen molar-refractivity contribution in [1.82, 2.24) is 14.8 Å². The average molecular weight is 314 g/mol. The minimum absolute atomic E-state index is 0.678. The third-order valence-corrected chi connectivity index (χ3v) is 5.26. The molecule has 5 rings (SSSR count). The van der Waals surface area contributed by atoms with Gasteiger partial charge in [-0.15, -0.1) is 0 Å². The predicted octanol–water partition coefficient (Wildman–Crippen LogP) is 3.19. The molecule has 2 aromatic rings. The highest BCUT2D eigenvalue weighted by molar-refractivity contribution is 6.31. The molecule has 3 fully saturated rings. The molecule has 3 aliphatic heterocycles. The Labute approximate surface area is 136 Å². The maximum absolute atomic E-state index is 6.30. The minimum Gasteiger partial charge on any atom is -0.296 e. The fraction of sp³-hybridized carbons (Fsp3) is 0.389. The number of nitrogens with zero attached hydrogens (tertiary/aromatic N) is 3. The molecule has 0 spiro atoms. The van der Waals surface area contributed by atoms with Gasteiger partial charge in [0.05, 0.1) is 0 Å². The van der Waals surface area contributed by atoms with E-state index in [9.17, 15) is 0 Å². The number of piperazine rings is 1. The van der Waals surface area contributed by atoms with Crippen LogP contribution in [0.4, 0.5) is 0 Å². The van der Waals surface area contributed by atoms with E-state index in [-0.39, 0.29) is 0 Å². The summed E-state index contributed by atoms with van der Waals surface area (Å²) >= 11 is 6.30. The van der Waals surface area contributed by atoms with Gasteiger partial charge in [0.2, 0.25) is 0 Å². The van der Waals surface area contributed by atoms with Crippen LogP contribution in [-0.4, -0.2) is 40.0 Å². The van der Waals surface area contributed by atoms with Gasteiger partial charge >= 0.3 is 0 Å². The van der Waals surface area contributed by atoms with E-state index >= 15 is 0 Å². The van der Waals surface area contributed by atoms with Crippen molar-refractivity contribution in [2.75, 3.05) is 13.1 Å². The number of halogens is 1. The quantitative estimate of drug-likeness (QED) is 0.864. The molecular formula is C18H20ClN3. The van der Waals surface area contributed by atoms with Gasteiger partial charge in [0.25, 0.3) is 0 Å². The summed E-state index contributed by atoms with van der Waals surface area (Å²) in [4.78, 5) is 9.27. The number of fused-ring (bicyclic) bond motifs is 2. The average Bonchev–Trinajstić information content (AvgIpc) is 2.55. The van der Waals surface area contributed by atoms with Crippen LogP contribution in [0, 0.1) is 0 Å².